The van der Waals surface area contributed by atoms with Crippen LogP contribution >= 0.6 is 0 Å². The Morgan fingerprint density at radius 2 is 1.95 bits per heavy atom. The quantitative estimate of drug-likeness (QED) is 0.882. The van der Waals surface area contributed by atoms with E-state index in [0.717, 1.165) is 18.4 Å². The van der Waals surface area contributed by atoms with Gasteiger partial charge in [0.1, 0.15) is 0 Å². The van der Waals surface area contributed by atoms with Crippen LogP contribution in [0.2, 0.25) is 0 Å². The number of hydrogen-bond donors (Lipinski definition) is 2. The minimum Gasteiger partial charge on any atom is -0.349 e. The van der Waals surface area contributed by atoms with E-state index in [4.69, 9.17) is 5.14 Å². The van der Waals surface area contributed by atoms with Crippen molar-refractivity contribution < 1.29 is 13.2 Å². The van der Waals surface area contributed by atoms with Crippen LogP contribution < -0.4 is 10.5 Å². The second-order valence-electron chi connectivity index (χ2n) is 5.56. The molecule has 6 heteroatoms. The second kappa shape index (κ2) is 5.18. The summed E-state index contributed by atoms with van der Waals surface area (Å²) in [4.78, 5) is 12.2. The van der Waals surface area contributed by atoms with Crippen LogP contribution in [0, 0.1) is 19.8 Å². The van der Waals surface area contributed by atoms with Crippen LogP contribution in [0.4, 0.5) is 0 Å². The number of amides is 1. The van der Waals surface area contributed by atoms with E-state index in [1.165, 1.54) is 6.07 Å². The molecular weight excluding hydrogens is 276 g/mol. The van der Waals surface area contributed by atoms with Gasteiger partial charge in [-0.1, -0.05) is 0 Å². The number of carbonyl (C=O) groups is 1. The fourth-order valence-electron chi connectivity index (χ4n) is 2.26. The largest absolute Gasteiger partial charge is 0.349 e. The van der Waals surface area contributed by atoms with Crippen LogP contribution in [-0.4, -0.2) is 20.4 Å². The molecule has 20 heavy (non-hydrogen) atoms. The first kappa shape index (κ1) is 15.0. The summed E-state index contributed by atoms with van der Waals surface area (Å²) in [7, 11) is -3.82. The number of benzene rings is 1. The zero-order valence-electron chi connectivity index (χ0n) is 11.9. The van der Waals surface area contributed by atoms with Crippen LogP contribution in [-0.2, 0) is 10.0 Å². The highest BCUT2D eigenvalue weighted by molar-refractivity contribution is 7.89. The van der Waals surface area contributed by atoms with E-state index in [-0.39, 0.29) is 16.8 Å². The van der Waals surface area contributed by atoms with Gasteiger partial charge < -0.3 is 5.32 Å². The van der Waals surface area contributed by atoms with Crippen LogP contribution in [0.5, 0.6) is 0 Å². The Labute approximate surface area is 119 Å². The van der Waals surface area contributed by atoms with Gasteiger partial charge in [-0.25, -0.2) is 13.6 Å². The molecule has 1 unspecified atom stereocenters. The summed E-state index contributed by atoms with van der Waals surface area (Å²) in [6.45, 7) is 5.42. The lowest BCUT2D eigenvalue weighted by atomic mass is 10.1. The summed E-state index contributed by atoms with van der Waals surface area (Å²) in [5.74, 6) is 0.292. The van der Waals surface area contributed by atoms with Gasteiger partial charge in [0.15, 0.2) is 0 Å². The van der Waals surface area contributed by atoms with Crippen molar-refractivity contribution in [2.45, 2.75) is 44.6 Å². The number of rotatable bonds is 4. The van der Waals surface area contributed by atoms with Crippen molar-refractivity contribution in [1.82, 2.24) is 5.32 Å². The molecular formula is C14H20N2O3S. The molecule has 0 aliphatic heterocycles. The molecule has 1 aliphatic carbocycles. The van der Waals surface area contributed by atoms with E-state index in [2.05, 4.69) is 5.32 Å². The van der Waals surface area contributed by atoms with Crippen LogP contribution in [0.25, 0.3) is 0 Å². The summed E-state index contributed by atoms with van der Waals surface area (Å²) in [6.07, 6.45) is 2.27. The Balaban J connectivity index is 2.32. The smallest absolute Gasteiger partial charge is 0.251 e. The number of nitrogens with two attached hydrogens (primary N) is 1. The van der Waals surface area contributed by atoms with Crippen molar-refractivity contribution in [3.8, 4) is 0 Å². The standard InChI is InChI=1S/C14H20N2O3S/c1-8-6-12(7-13(9(8)2)20(15,18)19)14(17)16-10(3)11-4-5-11/h6-7,10-11H,4-5H2,1-3H3,(H,16,17)(H2,15,18,19). The fraction of sp³-hybridized carbons (Fsp3) is 0.500. The highest BCUT2D eigenvalue weighted by Crippen LogP contribution is 2.32. The highest BCUT2D eigenvalue weighted by Gasteiger charge is 2.29. The van der Waals surface area contributed by atoms with Crippen LogP contribution in [0.1, 0.15) is 41.3 Å². The first-order valence-electron chi connectivity index (χ1n) is 6.65. The van der Waals surface area contributed by atoms with Gasteiger partial charge in [0, 0.05) is 11.6 Å². The average Bonchev–Trinajstić information content (AvgIpc) is 3.14. The number of primary sulfonamides is 1. The molecule has 0 radical (unpaired) electrons. The molecule has 0 aromatic heterocycles. The van der Waals surface area contributed by atoms with E-state index in [1.54, 1.807) is 19.9 Å². The van der Waals surface area contributed by atoms with Crippen molar-refractivity contribution in [2.75, 3.05) is 0 Å². The summed E-state index contributed by atoms with van der Waals surface area (Å²) in [5.41, 5.74) is 1.66. The monoisotopic (exact) mass is 296 g/mol. The molecule has 0 heterocycles. The third-order valence-electron chi connectivity index (χ3n) is 3.88. The second-order valence-corrected chi connectivity index (χ2v) is 7.09. The zero-order valence-corrected chi connectivity index (χ0v) is 12.8. The van der Waals surface area contributed by atoms with Crippen molar-refractivity contribution in [2.24, 2.45) is 11.1 Å². The van der Waals surface area contributed by atoms with Gasteiger partial charge in [0.25, 0.3) is 5.91 Å². The molecule has 2 rings (SSSR count). The molecule has 1 aromatic rings. The van der Waals surface area contributed by atoms with E-state index < -0.39 is 10.0 Å². The lowest BCUT2D eigenvalue weighted by molar-refractivity contribution is 0.0935. The lowest BCUT2D eigenvalue weighted by Crippen LogP contribution is -2.34. The predicted octanol–water partition coefficient (Wildman–Crippen LogP) is 1.48. The van der Waals surface area contributed by atoms with Crippen LogP contribution in [0.15, 0.2) is 17.0 Å². The van der Waals surface area contributed by atoms with Gasteiger partial charge in [-0.3, -0.25) is 4.79 Å². The summed E-state index contributed by atoms with van der Waals surface area (Å²) >= 11 is 0. The summed E-state index contributed by atoms with van der Waals surface area (Å²) in [5, 5.41) is 8.10. The molecule has 0 spiro atoms. The van der Waals surface area contributed by atoms with Gasteiger partial charge in [-0.05, 0) is 62.8 Å². The minimum absolute atomic E-state index is 0.0155. The highest BCUT2D eigenvalue weighted by atomic mass is 32.2. The van der Waals surface area contributed by atoms with Gasteiger partial charge >= 0.3 is 0 Å². The number of sulfonamides is 1. The molecule has 0 saturated heterocycles. The Hall–Kier alpha value is -1.40. The molecule has 110 valence electrons. The van der Waals surface area contributed by atoms with E-state index in [1.807, 2.05) is 6.92 Å². The number of nitrogens with one attached hydrogen (secondary N) is 1. The Kier molecular flexibility index (Phi) is 3.88. The fourth-order valence-corrected chi connectivity index (χ4v) is 3.14. The third kappa shape index (κ3) is 3.19. The number of hydrogen-bond acceptors (Lipinski definition) is 3. The maximum Gasteiger partial charge on any atom is 0.251 e. The average molecular weight is 296 g/mol. The van der Waals surface area contributed by atoms with Crippen molar-refractivity contribution >= 4 is 15.9 Å². The molecule has 1 fully saturated rings. The van der Waals surface area contributed by atoms with Crippen molar-refractivity contribution in [3.05, 3.63) is 28.8 Å². The molecule has 5 nitrogen and oxygen atoms in total. The van der Waals surface area contributed by atoms with E-state index in [9.17, 15) is 13.2 Å². The first-order valence-corrected chi connectivity index (χ1v) is 8.19. The molecule has 1 atom stereocenters. The minimum atomic E-state index is -3.82. The van der Waals surface area contributed by atoms with Gasteiger partial charge in [0.2, 0.25) is 10.0 Å². The molecule has 1 aromatic carbocycles. The van der Waals surface area contributed by atoms with E-state index >= 15 is 0 Å². The molecule has 3 N–H and O–H groups in total. The third-order valence-corrected chi connectivity index (χ3v) is 4.91. The van der Waals surface area contributed by atoms with Crippen molar-refractivity contribution in [3.63, 3.8) is 0 Å². The van der Waals surface area contributed by atoms with Crippen molar-refractivity contribution in [1.29, 1.82) is 0 Å². The Bertz CT molecular complexity index is 649. The van der Waals surface area contributed by atoms with Gasteiger partial charge in [-0.2, -0.15) is 0 Å². The molecule has 0 bridgehead atoms. The SMILES string of the molecule is Cc1cc(C(=O)NC(C)C2CC2)cc(S(N)(=O)=O)c1C. The first-order chi connectivity index (χ1) is 9.20. The molecule has 1 aliphatic rings. The summed E-state index contributed by atoms with van der Waals surface area (Å²) < 4.78 is 23.1. The Morgan fingerprint density at radius 3 is 2.45 bits per heavy atom. The van der Waals surface area contributed by atoms with E-state index in [0.29, 0.717) is 17.0 Å². The molecule has 1 saturated carbocycles. The summed E-state index contributed by atoms with van der Waals surface area (Å²) in [6, 6.07) is 3.16. The maximum atomic E-state index is 12.2. The van der Waals surface area contributed by atoms with Crippen LogP contribution in [0.3, 0.4) is 0 Å². The zero-order chi connectivity index (χ0) is 15.1. The Morgan fingerprint density at radius 1 is 1.35 bits per heavy atom. The van der Waals surface area contributed by atoms with Gasteiger partial charge in [0.05, 0.1) is 4.90 Å². The number of carbonyl (C=O) groups excluding carboxylic acids is 1. The maximum absolute atomic E-state index is 12.2. The molecule has 1 amide bonds. The van der Waals surface area contributed by atoms with Gasteiger partial charge in [-0.15, -0.1) is 0 Å². The number of aryl methyl sites for hydroxylation is 1. The normalized spacial score (nSPS) is 16.8. The predicted molar refractivity (Wildman–Crippen MR) is 76.9 cm³/mol. The topological polar surface area (TPSA) is 89.3 Å². The lowest BCUT2D eigenvalue weighted by Gasteiger charge is -2.15.